The van der Waals surface area contributed by atoms with Crippen molar-refractivity contribution >= 4 is 32.9 Å². The average molecular weight is 644 g/mol. The van der Waals surface area contributed by atoms with E-state index in [1.54, 1.807) is 18.4 Å². The predicted octanol–water partition coefficient (Wildman–Crippen LogP) is 5.96. The van der Waals surface area contributed by atoms with Crippen LogP contribution in [0.3, 0.4) is 0 Å². The summed E-state index contributed by atoms with van der Waals surface area (Å²) in [7, 11) is -4.54. The third-order valence-electron chi connectivity index (χ3n) is 8.03. The molecule has 4 heterocycles. The molecule has 0 radical (unpaired) electrons. The zero-order valence-corrected chi connectivity index (χ0v) is 28.1. The molecule has 0 unspecified atom stereocenters. The Labute approximate surface area is 262 Å². The van der Waals surface area contributed by atoms with Crippen LogP contribution in [0.25, 0.3) is 11.2 Å². The van der Waals surface area contributed by atoms with Crippen molar-refractivity contribution in [2.45, 2.75) is 123 Å². The maximum atomic E-state index is 10.9. The first kappa shape index (κ1) is 35.8. The third kappa shape index (κ3) is 9.91. The Kier molecular flexibility index (Phi) is 13.4. The first-order valence-corrected chi connectivity index (χ1v) is 17.6. The van der Waals surface area contributed by atoms with Crippen LogP contribution in [0.4, 0.5) is 0 Å². The largest absolute Gasteiger partial charge is 0.744 e. The van der Waals surface area contributed by atoms with E-state index >= 15 is 0 Å². The number of hydrogen-bond donors (Lipinski definition) is 0. The second kappa shape index (κ2) is 16.1. The molecule has 2 fully saturated rings. The standard InChI is InChI=1S/C16H36N.C14H15ClN4O6S/c1-5-9-13-17(14-10-6-2,15-11-7-3)16-12-8-4;1-14(2)24-9-7(3-4-26(20,21)22)23-13(10(9)25-14)19-6-18-8-11(15)16-5-17-12(8)19/h5-16H2,1-4H3;3-7,9-10,13H,1-2H3,(H,20,21,22)/q+1;/p-1/t;7-,9-,10-,13-/m.1/s1. The van der Waals surface area contributed by atoms with Crippen molar-refractivity contribution in [1.29, 1.82) is 0 Å². The number of unbranched alkanes of at least 4 members (excludes halogenated alkanes) is 4. The Hall–Kier alpha value is -1.67. The van der Waals surface area contributed by atoms with Crippen molar-refractivity contribution in [3.63, 3.8) is 0 Å². The fourth-order valence-electron chi connectivity index (χ4n) is 5.81. The first-order valence-electron chi connectivity index (χ1n) is 15.7. The number of rotatable bonds is 15. The number of ether oxygens (including phenoxy) is 3. The molecule has 2 aliphatic rings. The molecule has 2 aromatic rings. The van der Waals surface area contributed by atoms with Gasteiger partial charge in [-0.2, -0.15) is 0 Å². The van der Waals surface area contributed by atoms with E-state index in [0.29, 0.717) is 16.6 Å². The van der Waals surface area contributed by atoms with Gasteiger partial charge in [-0.25, -0.2) is 23.4 Å². The van der Waals surface area contributed by atoms with E-state index in [2.05, 4.69) is 42.6 Å². The molecule has 0 spiro atoms. The van der Waals surface area contributed by atoms with Gasteiger partial charge in [0, 0.05) is 5.41 Å². The lowest BCUT2D eigenvalue weighted by Crippen LogP contribution is -2.50. The molecule has 2 aliphatic heterocycles. The van der Waals surface area contributed by atoms with E-state index in [4.69, 9.17) is 25.8 Å². The van der Waals surface area contributed by atoms with Crippen molar-refractivity contribution < 1.29 is 31.7 Å². The van der Waals surface area contributed by atoms with Crippen LogP contribution in [-0.2, 0) is 24.3 Å². The van der Waals surface area contributed by atoms with Gasteiger partial charge < -0.3 is 23.2 Å². The minimum atomic E-state index is -4.54. The van der Waals surface area contributed by atoms with Gasteiger partial charge in [0.2, 0.25) is 0 Å². The van der Waals surface area contributed by atoms with E-state index < -0.39 is 40.4 Å². The molecule has 244 valence electrons. The number of imidazole rings is 1. The average Bonchev–Trinajstić information content (AvgIpc) is 3.62. The predicted molar refractivity (Wildman–Crippen MR) is 166 cm³/mol. The molecule has 43 heavy (non-hydrogen) atoms. The van der Waals surface area contributed by atoms with Gasteiger partial charge in [-0.05, 0) is 45.6 Å². The van der Waals surface area contributed by atoms with Crippen molar-refractivity contribution in [3.05, 3.63) is 29.3 Å². The number of quaternary nitrogens is 1. The fourth-order valence-corrected chi connectivity index (χ4v) is 6.34. The summed E-state index contributed by atoms with van der Waals surface area (Å²) in [6.45, 7) is 18.5. The first-order chi connectivity index (χ1) is 20.4. The van der Waals surface area contributed by atoms with Crippen LogP contribution >= 0.6 is 11.6 Å². The van der Waals surface area contributed by atoms with Crippen LogP contribution in [0.1, 0.15) is 99.1 Å². The summed E-state index contributed by atoms with van der Waals surface area (Å²) >= 11 is 6.03. The van der Waals surface area contributed by atoms with Crippen LogP contribution in [0.15, 0.2) is 24.1 Å². The summed E-state index contributed by atoms with van der Waals surface area (Å²) in [5.74, 6) is -0.900. The smallest absolute Gasteiger partial charge is 0.167 e. The highest BCUT2D eigenvalue weighted by atomic mass is 35.5. The van der Waals surface area contributed by atoms with Gasteiger partial charge in [0.25, 0.3) is 0 Å². The third-order valence-corrected chi connectivity index (χ3v) is 8.80. The molecule has 4 atom stereocenters. The van der Waals surface area contributed by atoms with E-state index in [1.807, 2.05) is 0 Å². The van der Waals surface area contributed by atoms with E-state index in [0.717, 1.165) is 6.08 Å². The Morgan fingerprint density at radius 2 is 1.47 bits per heavy atom. The van der Waals surface area contributed by atoms with E-state index in [9.17, 15) is 13.0 Å². The quantitative estimate of drug-likeness (QED) is 0.131. The zero-order chi connectivity index (χ0) is 31.7. The highest BCUT2D eigenvalue weighted by molar-refractivity contribution is 7.88. The zero-order valence-electron chi connectivity index (χ0n) is 26.6. The Balaban J connectivity index is 0.000000261. The van der Waals surface area contributed by atoms with Gasteiger partial charge in [-0.15, -0.1) is 0 Å². The molecule has 2 aromatic heterocycles. The Morgan fingerprint density at radius 1 is 0.930 bits per heavy atom. The highest BCUT2D eigenvalue weighted by Crippen LogP contribution is 2.44. The highest BCUT2D eigenvalue weighted by Gasteiger charge is 2.55. The van der Waals surface area contributed by atoms with Crippen molar-refractivity contribution in [2.24, 2.45) is 0 Å². The maximum Gasteiger partial charge on any atom is 0.167 e. The normalized spacial score (nSPS) is 23.5. The summed E-state index contributed by atoms with van der Waals surface area (Å²) in [6.07, 6.45) is 12.3. The Bertz CT molecular complexity index is 1250. The van der Waals surface area contributed by atoms with E-state index in [-0.39, 0.29) is 5.15 Å². The van der Waals surface area contributed by atoms with Crippen LogP contribution in [0.5, 0.6) is 0 Å². The summed E-state index contributed by atoms with van der Waals surface area (Å²) < 4.78 is 53.4. The summed E-state index contributed by atoms with van der Waals surface area (Å²) in [6, 6.07) is 0. The topological polar surface area (TPSA) is 128 Å². The van der Waals surface area contributed by atoms with Gasteiger partial charge in [-0.1, -0.05) is 65.0 Å². The van der Waals surface area contributed by atoms with Crippen LogP contribution in [-0.4, -0.2) is 87.3 Å². The van der Waals surface area contributed by atoms with Crippen molar-refractivity contribution in [3.8, 4) is 0 Å². The van der Waals surface area contributed by atoms with Gasteiger partial charge in [-0.3, -0.25) is 4.57 Å². The minimum absolute atomic E-state index is 0.195. The molecule has 11 nitrogen and oxygen atoms in total. The lowest BCUT2D eigenvalue weighted by atomic mass is 10.1. The van der Waals surface area contributed by atoms with Crippen molar-refractivity contribution in [1.82, 2.24) is 19.5 Å². The second-order valence-corrected chi connectivity index (χ2v) is 13.6. The fraction of sp³-hybridized carbons (Fsp3) is 0.767. The van der Waals surface area contributed by atoms with Crippen molar-refractivity contribution in [2.75, 3.05) is 26.2 Å². The number of aromatic nitrogens is 4. The SMILES string of the molecule is CC1(C)O[C@@H]2[C@H](O1)[C@@H](C=CS(=O)(=O)[O-])O[C@H]2n1cnc2c(Cl)ncnc21.CCCC[N+](CCCC)(CCCC)CCCC. The number of halogens is 1. The van der Waals surface area contributed by atoms with Gasteiger partial charge in [0.15, 0.2) is 22.8 Å². The monoisotopic (exact) mass is 643 g/mol. The molecule has 4 rings (SSSR count). The lowest BCUT2D eigenvalue weighted by Gasteiger charge is -2.39. The molecular weight excluding hydrogens is 594 g/mol. The molecule has 0 aliphatic carbocycles. The maximum absolute atomic E-state index is 10.9. The van der Waals surface area contributed by atoms with Crippen LogP contribution in [0, 0.1) is 0 Å². The number of nitrogens with zero attached hydrogens (tertiary/aromatic N) is 5. The second-order valence-electron chi connectivity index (χ2n) is 12.0. The summed E-state index contributed by atoms with van der Waals surface area (Å²) in [5, 5.41) is 0.748. The summed E-state index contributed by atoms with van der Waals surface area (Å²) in [5.41, 5.74) is 0.830. The minimum Gasteiger partial charge on any atom is -0.744 e. The van der Waals surface area contributed by atoms with Gasteiger partial charge in [0.05, 0.1) is 32.5 Å². The molecule has 0 amide bonds. The summed E-state index contributed by atoms with van der Waals surface area (Å²) in [4.78, 5) is 12.2. The van der Waals surface area contributed by atoms with Gasteiger partial charge in [0.1, 0.15) is 40.3 Å². The Morgan fingerprint density at radius 3 is 1.98 bits per heavy atom. The molecule has 0 N–H and O–H groups in total. The molecule has 0 aromatic carbocycles. The van der Waals surface area contributed by atoms with Crippen LogP contribution in [0.2, 0.25) is 5.15 Å². The molecule has 2 saturated heterocycles. The van der Waals surface area contributed by atoms with Crippen LogP contribution < -0.4 is 0 Å². The van der Waals surface area contributed by atoms with Gasteiger partial charge >= 0.3 is 0 Å². The molecule has 0 bridgehead atoms. The molecular formula is C30H50ClN5O6S. The molecule has 13 heteroatoms. The van der Waals surface area contributed by atoms with E-state index in [1.165, 1.54) is 94.7 Å². The lowest BCUT2D eigenvalue weighted by molar-refractivity contribution is -0.929. The molecule has 0 saturated carbocycles. The number of fused-ring (bicyclic) bond motifs is 2. The number of hydrogen-bond acceptors (Lipinski definition) is 9.